The number of aromatic nitrogens is 2. The molecule has 0 saturated carbocycles. The van der Waals surface area contributed by atoms with Crippen molar-refractivity contribution in [2.45, 2.75) is 6.42 Å². The lowest BCUT2D eigenvalue weighted by atomic mass is 10.2. The lowest BCUT2D eigenvalue weighted by molar-refractivity contribution is 0.845. The second-order valence-corrected chi connectivity index (χ2v) is 2.54. The van der Waals surface area contributed by atoms with Gasteiger partial charge >= 0.3 is 0 Å². The van der Waals surface area contributed by atoms with Crippen molar-refractivity contribution in [2.75, 3.05) is 0 Å². The summed E-state index contributed by atoms with van der Waals surface area (Å²) in [4.78, 5) is 4.00. The summed E-state index contributed by atoms with van der Waals surface area (Å²) >= 11 is 0. The monoisotopic (exact) mass is 148 g/mol. The van der Waals surface area contributed by atoms with Gasteiger partial charge in [0, 0.05) is 25.4 Å². The van der Waals surface area contributed by atoms with Crippen LogP contribution in [0.5, 0.6) is 0 Å². The van der Waals surface area contributed by atoms with Crippen molar-refractivity contribution >= 4 is 0 Å². The Hall–Kier alpha value is -1.31. The van der Waals surface area contributed by atoms with Crippen molar-refractivity contribution in [2.24, 2.45) is 7.05 Å². The number of aryl methyl sites for hydroxylation is 1. The van der Waals surface area contributed by atoms with E-state index in [0.29, 0.717) is 0 Å². The summed E-state index contributed by atoms with van der Waals surface area (Å²) < 4.78 is 1.98. The van der Waals surface area contributed by atoms with Gasteiger partial charge in [-0.3, -0.25) is 0 Å². The predicted octanol–water partition coefficient (Wildman–Crippen LogP) is 1.70. The van der Waals surface area contributed by atoms with Gasteiger partial charge in [0.05, 0.1) is 6.33 Å². The molecule has 0 amide bonds. The molecule has 0 unspecified atom stereocenters. The van der Waals surface area contributed by atoms with Crippen molar-refractivity contribution in [1.82, 2.24) is 9.55 Å². The highest BCUT2D eigenvalue weighted by Gasteiger charge is 1.97. The second-order valence-electron chi connectivity index (χ2n) is 2.54. The first-order valence-electron chi connectivity index (χ1n) is 3.49. The number of nitrogens with zero attached hydrogens (tertiary/aromatic N) is 2. The van der Waals surface area contributed by atoms with E-state index >= 15 is 0 Å². The molecule has 1 aromatic rings. The fraction of sp³-hybridized carbons (Fsp3) is 0.222. The number of rotatable bonds is 3. The molecule has 0 aliphatic heterocycles. The van der Waals surface area contributed by atoms with Crippen LogP contribution in [0.1, 0.15) is 5.69 Å². The standard InChI is InChI=1S/C9H12N2/c1-4-8(2)5-9-6-10-7-11(9)3/h4,6-7H,1-2,5H2,3H3. The molecule has 0 bridgehead atoms. The molecule has 0 radical (unpaired) electrons. The van der Waals surface area contributed by atoms with E-state index in [0.717, 1.165) is 17.7 Å². The Morgan fingerprint density at radius 2 is 2.55 bits per heavy atom. The largest absolute Gasteiger partial charge is 0.337 e. The number of allylic oxidation sites excluding steroid dienone is 2. The van der Waals surface area contributed by atoms with Gasteiger partial charge in [0.25, 0.3) is 0 Å². The highest BCUT2D eigenvalue weighted by atomic mass is 15.0. The maximum Gasteiger partial charge on any atom is 0.0945 e. The normalized spacial score (nSPS) is 9.55. The summed E-state index contributed by atoms with van der Waals surface area (Å²) in [7, 11) is 1.97. The van der Waals surface area contributed by atoms with Crippen molar-refractivity contribution in [3.63, 3.8) is 0 Å². The first-order valence-corrected chi connectivity index (χ1v) is 3.49. The average Bonchev–Trinajstić information content (AvgIpc) is 2.37. The molecule has 0 spiro atoms. The van der Waals surface area contributed by atoms with E-state index in [1.165, 1.54) is 0 Å². The van der Waals surface area contributed by atoms with Crippen molar-refractivity contribution in [3.05, 3.63) is 43.0 Å². The zero-order valence-electron chi connectivity index (χ0n) is 6.75. The molecule has 11 heavy (non-hydrogen) atoms. The van der Waals surface area contributed by atoms with Crippen LogP contribution in [0.4, 0.5) is 0 Å². The summed E-state index contributed by atoms with van der Waals surface area (Å²) in [5.41, 5.74) is 2.18. The summed E-state index contributed by atoms with van der Waals surface area (Å²) in [6, 6.07) is 0. The first-order chi connectivity index (χ1) is 5.24. The van der Waals surface area contributed by atoms with E-state index < -0.39 is 0 Å². The summed E-state index contributed by atoms with van der Waals surface area (Å²) in [6.45, 7) is 7.47. The molecule has 0 saturated heterocycles. The van der Waals surface area contributed by atoms with Crippen LogP contribution in [0.25, 0.3) is 0 Å². The Morgan fingerprint density at radius 3 is 3.00 bits per heavy atom. The van der Waals surface area contributed by atoms with Gasteiger partial charge in [-0.25, -0.2) is 4.98 Å². The Kier molecular flexibility index (Phi) is 2.26. The SMILES string of the molecule is C=CC(=C)Cc1cncn1C. The van der Waals surface area contributed by atoms with Crippen LogP contribution >= 0.6 is 0 Å². The van der Waals surface area contributed by atoms with Gasteiger partial charge in [-0.15, -0.1) is 0 Å². The van der Waals surface area contributed by atoms with Gasteiger partial charge in [0.2, 0.25) is 0 Å². The van der Waals surface area contributed by atoms with Crippen LogP contribution in [0.3, 0.4) is 0 Å². The zero-order chi connectivity index (χ0) is 8.27. The summed E-state index contributed by atoms with van der Waals surface area (Å²) in [5.74, 6) is 0. The fourth-order valence-corrected chi connectivity index (χ4v) is 0.860. The molecule has 0 aromatic carbocycles. The van der Waals surface area contributed by atoms with Crippen LogP contribution in [0.15, 0.2) is 37.3 Å². The van der Waals surface area contributed by atoms with E-state index in [9.17, 15) is 0 Å². The fourth-order valence-electron chi connectivity index (χ4n) is 0.860. The van der Waals surface area contributed by atoms with Crippen LogP contribution in [0, 0.1) is 0 Å². The molecule has 1 aromatic heterocycles. The molecule has 1 heterocycles. The van der Waals surface area contributed by atoms with E-state index in [2.05, 4.69) is 18.1 Å². The molecular formula is C9H12N2. The molecule has 0 fully saturated rings. The van der Waals surface area contributed by atoms with Gasteiger partial charge < -0.3 is 4.57 Å². The van der Waals surface area contributed by atoms with Gasteiger partial charge in [-0.1, -0.05) is 19.2 Å². The number of hydrogen-bond acceptors (Lipinski definition) is 1. The molecule has 0 aliphatic carbocycles. The highest BCUT2D eigenvalue weighted by Crippen LogP contribution is 2.04. The van der Waals surface area contributed by atoms with Crippen LogP contribution in [-0.4, -0.2) is 9.55 Å². The molecule has 2 nitrogen and oxygen atoms in total. The second kappa shape index (κ2) is 3.19. The minimum absolute atomic E-state index is 0.833. The third-order valence-corrected chi connectivity index (χ3v) is 1.61. The Labute approximate surface area is 66.9 Å². The third-order valence-electron chi connectivity index (χ3n) is 1.61. The zero-order valence-corrected chi connectivity index (χ0v) is 6.75. The maximum atomic E-state index is 4.00. The lowest BCUT2D eigenvalue weighted by Crippen LogP contribution is -1.95. The van der Waals surface area contributed by atoms with Gasteiger partial charge in [0.15, 0.2) is 0 Å². The Morgan fingerprint density at radius 1 is 1.82 bits per heavy atom. The van der Waals surface area contributed by atoms with Crippen LogP contribution < -0.4 is 0 Å². The summed E-state index contributed by atoms with van der Waals surface area (Å²) in [6.07, 6.45) is 6.23. The van der Waals surface area contributed by atoms with Crippen LogP contribution in [-0.2, 0) is 13.5 Å². The number of imidazole rings is 1. The van der Waals surface area contributed by atoms with Crippen molar-refractivity contribution < 1.29 is 0 Å². The van der Waals surface area contributed by atoms with Crippen molar-refractivity contribution in [3.8, 4) is 0 Å². The lowest BCUT2D eigenvalue weighted by Gasteiger charge is -2.00. The van der Waals surface area contributed by atoms with Gasteiger partial charge in [-0.05, 0) is 5.57 Å². The van der Waals surface area contributed by atoms with Crippen LogP contribution in [0.2, 0.25) is 0 Å². The molecule has 0 N–H and O–H groups in total. The molecule has 58 valence electrons. The van der Waals surface area contributed by atoms with E-state index in [1.807, 2.05) is 17.8 Å². The smallest absolute Gasteiger partial charge is 0.0945 e. The number of hydrogen-bond donors (Lipinski definition) is 0. The van der Waals surface area contributed by atoms with Gasteiger partial charge in [0.1, 0.15) is 0 Å². The Bertz CT molecular complexity index is 271. The topological polar surface area (TPSA) is 17.8 Å². The van der Waals surface area contributed by atoms with E-state index in [-0.39, 0.29) is 0 Å². The average molecular weight is 148 g/mol. The minimum Gasteiger partial charge on any atom is -0.337 e. The Balaban J connectivity index is 2.71. The maximum absolute atomic E-state index is 4.00. The predicted molar refractivity (Wildman–Crippen MR) is 46.2 cm³/mol. The van der Waals surface area contributed by atoms with E-state index in [4.69, 9.17) is 0 Å². The van der Waals surface area contributed by atoms with Crippen molar-refractivity contribution in [1.29, 1.82) is 0 Å². The molecule has 0 atom stereocenters. The molecule has 0 aliphatic rings. The quantitative estimate of drug-likeness (QED) is 0.596. The molecule has 1 rings (SSSR count). The third kappa shape index (κ3) is 1.80. The van der Waals surface area contributed by atoms with E-state index in [1.54, 1.807) is 12.4 Å². The summed E-state index contributed by atoms with van der Waals surface area (Å²) in [5, 5.41) is 0. The van der Waals surface area contributed by atoms with Gasteiger partial charge in [-0.2, -0.15) is 0 Å². The molecule has 2 heteroatoms. The first kappa shape index (κ1) is 7.79. The molecular weight excluding hydrogens is 136 g/mol. The highest BCUT2D eigenvalue weighted by molar-refractivity contribution is 5.18. The minimum atomic E-state index is 0.833.